The van der Waals surface area contributed by atoms with Gasteiger partial charge in [0.25, 0.3) is 5.91 Å². The van der Waals surface area contributed by atoms with Crippen molar-refractivity contribution in [3.05, 3.63) is 16.1 Å². The Balaban J connectivity index is 2.07. The summed E-state index contributed by atoms with van der Waals surface area (Å²) in [7, 11) is 0. The summed E-state index contributed by atoms with van der Waals surface area (Å²) in [4.78, 5) is 18.4. The van der Waals surface area contributed by atoms with Crippen LogP contribution < -0.4 is 11.1 Å². The monoisotopic (exact) mass is 256 g/mol. The third kappa shape index (κ3) is 3.01. The number of nitrogens with zero attached hydrogens (tertiary/aromatic N) is 2. The van der Waals surface area contributed by atoms with Crippen LogP contribution in [0, 0.1) is 0 Å². The van der Waals surface area contributed by atoms with Crippen LogP contribution in [0.4, 0.5) is 0 Å². The molecule has 0 bridgehead atoms. The molecule has 17 heavy (non-hydrogen) atoms. The van der Waals surface area contributed by atoms with E-state index in [9.17, 15) is 9.90 Å². The second-order valence-corrected chi connectivity index (χ2v) is 5.05. The van der Waals surface area contributed by atoms with E-state index in [1.54, 1.807) is 11.1 Å². The van der Waals surface area contributed by atoms with Gasteiger partial charge in [0.05, 0.1) is 12.3 Å². The molecule has 0 aliphatic carbocycles. The number of aromatic nitrogens is 1. The molecule has 1 aromatic rings. The molecule has 1 saturated heterocycles. The fourth-order valence-corrected chi connectivity index (χ4v) is 2.50. The van der Waals surface area contributed by atoms with Crippen LogP contribution in [0.3, 0.4) is 0 Å². The lowest BCUT2D eigenvalue weighted by atomic mass is 10.3. The van der Waals surface area contributed by atoms with Crippen LogP contribution in [0.2, 0.25) is 0 Å². The number of nitrogens with two attached hydrogens (primary N) is 1. The summed E-state index contributed by atoms with van der Waals surface area (Å²) in [6.45, 7) is 2.54. The first-order chi connectivity index (χ1) is 8.20. The molecule has 7 heteroatoms. The van der Waals surface area contributed by atoms with E-state index in [0.29, 0.717) is 37.6 Å². The van der Waals surface area contributed by atoms with Gasteiger partial charge in [0.2, 0.25) is 0 Å². The summed E-state index contributed by atoms with van der Waals surface area (Å²) in [5.74, 6) is -0.0787. The standard InChI is InChI=1S/C10H16N4O2S/c11-3-9-13-5-8(17-9)10(16)14-2-1-12-4-7(15)6-14/h5,7,12,15H,1-4,6,11H2. The third-order valence-electron chi connectivity index (χ3n) is 2.60. The summed E-state index contributed by atoms with van der Waals surface area (Å²) < 4.78 is 0. The first kappa shape index (κ1) is 12.4. The number of amides is 1. The zero-order valence-electron chi connectivity index (χ0n) is 9.43. The molecule has 0 radical (unpaired) electrons. The van der Waals surface area contributed by atoms with E-state index in [1.165, 1.54) is 11.3 Å². The van der Waals surface area contributed by atoms with Crippen molar-refractivity contribution in [1.82, 2.24) is 15.2 Å². The maximum absolute atomic E-state index is 12.1. The van der Waals surface area contributed by atoms with E-state index in [1.807, 2.05) is 0 Å². The van der Waals surface area contributed by atoms with Gasteiger partial charge in [-0.15, -0.1) is 11.3 Å². The van der Waals surface area contributed by atoms with Gasteiger partial charge >= 0.3 is 0 Å². The number of β-amino-alcohol motifs (C(OH)–C–C–N with tert-alkyl or cyclic N) is 1. The Kier molecular flexibility index (Phi) is 4.06. The fraction of sp³-hybridized carbons (Fsp3) is 0.600. The zero-order valence-corrected chi connectivity index (χ0v) is 10.2. The van der Waals surface area contributed by atoms with Gasteiger partial charge in [-0.05, 0) is 0 Å². The fourth-order valence-electron chi connectivity index (χ4n) is 1.74. The molecule has 1 aromatic heterocycles. The van der Waals surface area contributed by atoms with Crippen LogP contribution in [-0.4, -0.2) is 53.2 Å². The molecule has 1 atom stereocenters. The highest BCUT2D eigenvalue weighted by molar-refractivity contribution is 7.13. The molecule has 1 unspecified atom stereocenters. The van der Waals surface area contributed by atoms with E-state index >= 15 is 0 Å². The second kappa shape index (κ2) is 5.54. The van der Waals surface area contributed by atoms with E-state index in [2.05, 4.69) is 10.3 Å². The van der Waals surface area contributed by atoms with Crippen LogP contribution >= 0.6 is 11.3 Å². The topological polar surface area (TPSA) is 91.5 Å². The predicted octanol–water partition coefficient (Wildman–Crippen LogP) is -0.992. The van der Waals surface area contributed by atoms with E-state index in [-0.39, 0.29) is 5.91 Å². The maximum atomic E-state index is 12.1. The maximum Gasteiger partial charge on any atom is 0.265 e. The van der Waals surface area contributed by atoms with Crippen molar-refractivity contribution in [2.24, 2.45) is 5.73 Å². The summed E-state index contributed by atoms with van der Waals surface area (Å²) >= 11 is 1.31. The van der Waals surface area contributed by atoms with Crippen molar-refractivity contribution in [2.45, 2.75) is 12.6 Å². The van der Waals surface area contributed by atoms with Crippen molar-refractivity contribution in [3.63, 3.8) is 0 Å². The van der Waals surface area contributed by atoms with Gasteiger partial charge in [-0.1, -0.05) is 0 Å². The number of rotatable bonds is 2. The Labute approximate surface area is 103 Å². The molecule has 94 valence electrons. The normalized spacial score (nSPS) is 21.3. The number of carbonyl (C=O) groups is 1. The minimum atomic E-state index is -0.511. The number of aliphatic hydroxyl groups is 1. The van der Waals surface area contributed by atoms with E-state index in [0.717, 1.165) is 5.01 Å². The van der Waals surface area contributed by atoms with Crippen LogP contribution in [0.1, 0.15) is 14.7 Å². The summed E-state index contributed by atoms with van der Waals surface area (Å²) in [6, 6.07) is 0. The highest BCUT2D eigenvalue weighted by atomic mass is 32.1. The predicted molar refractivity (Wildman–Crippen MR) is 64.8 cm³/mol. The average Bonchev–Trinajstić information content (AvgIpc) is 2.71. The molecule has 1 aliphatic heterocycles. The first-order valence-corrected chi connectivity index (χ1v) is 6.35. The van der Waals surface area contributed by atoms with Crippen molar-refractivity contribution in [1.29, 1.82) is 0 Å². The molecule has 2 rings (SSSR count). The quantitative estimate of drug-likeness (QED) is 0.632. The van der Waals surface area contributed by atoms with Crippen molar-refractivity contribution in [3.8, 4) is 0 Å². The molecule has 0 saturated carbocycles. The number of hydrogen-bond donors (Lipinski definition) is 3. The SMILES string of the molecule is NCc1ncc(C(=O)N2CCNCC(O)C2)s1. The Hall–Kier alpha value is -1.02. The third-order valence-corrected chi connectivity index (χ3v) is 3.60. The Morgan fingerprint density at radius 3 is 3.29 bits per heavy atom. The van der Waals surface area contributed by atoms with Gasteiger partial charge in [-0.25, -0.2) is 4.98 Å². The van der Waals surface area contributed by atoms with Gasteiger partial charge in [-0.3, -0.25) is 4.79 Å². The minimum absolute atomic E-state index is 0.0787. The Morgan fingerprint density at radius 2 is 2.59 bits per heavy atom. The Bertz CT molecular complexity index is 395. The number of aliphatic hydroxyl groups excluding tert-OH is 1. The molecular formula is C10H16N4O2S. The number of thiazole rings is 1. The zero-order chi connectivity index (χ0) is 12.3. The lowest BCUT2D eigenvalue weighted by Gasteiger charge is -2.20. The van der Waals surface area contributed by atoms with Gasteiger partial charge in [0, 0.05) is 32.7 Å². The molecule has 0 spiro atoms. The van der Waals surface area contributed by atoms with Gasteiger partial charge < -0.3 is 21.1 Å². The number of hydrogen-bond acceptors (Lipinski definition) is 6. The van der Waals surface area contributed by atoms with Crippen LogP contribution in [-0.2, 0) is 6.54 Å². The van der Waals surface area contributed by atoms with Crippen molar-refractivity contribution < 1.29 is 9.90 Å². The molecule has 4 N–H and O–H groups in total. The molecule has 1 fully saturated rings. The first-order valence-electron chi connectivity index (χ1n) is 5.53. The van der Waals surface area contributed by atoms with E-state index < -0.39 is 6.10 Å². The average molecular weight is 256 g/mol. The van der Waals surface area contributed by atoms with Crippen molar-refractivity contribution >= 4 is 17.2 Å². The lowest BCUT2D eigenvalue weighted by molar-refractivity contribution is 0.0677. The van der Waals surface area contributed by atoms with Crippen molar-refractivity contribution in [2.75, 3.05) is 26.2 Å². The minimum Gasteiger partial charge on any atom is -0.390 e. The highest BCUT2D eigenvalue weighted by Gasteiger charge is 2.22. The highest BCUT2D eigenvalue weighted by Crippen LogP contribution is 2.15. The summed E-state index contributed by atoms with van der Waals surface area (Å²) in [5.41, 5.74) is 5.46. The van der Waals surface area contributed by atoms with Crippen LogP contribution in [0.25, 0.3) is 0 Å². The van der Waals surface area contributed by atoms with Gasteiger partial charge in [0.1, 0.15) is 9.88 Å². The summed E-state index contributed by atoms with van der Waals surface area (Å²) in [6.07, 6.45) is 1.04. The molecule has 1 amide bonds. The molecule has 6 nitrogen and oxygen atoms in total. The smallest absolute Gasteiger partial charge is 0.265 e. The molecule has 0 aromatic carbocycles. The van der Waals surface area contributed by atoms with E-state index in [4.69, 9.17) is 5.73 Å². The number of nitrogens with one attached hydrogen (secondary N) is 1. The van der Waals surface area contributed by atoms with Gasteiger partial charge in [0.15, 0.2) is 0 Å². The molecule has 2 heterocycles. The van der Waals surface area contributed by atoms with Crippen LogP contribution in [0.5, 0.6) is 0 Å². The summed E-state index contributed by atoms with van der Waals surface area (Å²) in [5, 5.41) is 13.4. The molecule has 1 aliphatic rings. The largest absolute Gasteiger partial charge is 0.390 e. The molecular weight excluding hydrogens is 240 g/mol. The lowest BCUT2D eigenvalue weighted by Crippen LogP contribution is -2.37. The number of carbonyl (C=O) groups excluding carboxylic acids is 1. The van der Waals surface area contributed by atoms with Crippen LogP contribution in [0.15, 0.2) is 6.20 Å². The second-order valence-electron chi connectivity index (χ2n) is 3.93. The Morgan fingerprint density at radius 1 is 1.76 bits per heavy atom. The van der Waals surface area contributed by atoms with Gasteiger partial charge in [-0.2, -0.15) is 0 Å².